The average molecular weight is 305 g/mol. The van der Waals surface area contributed by atoms with Crippen molar-refractivity contribution in [2.24, 2.45) is 0 Å². The number of benzene rings is 1. The average Bonchev–Trinajstić information content (AvgIpc) is 3.07. The van der Waals surface area contributed by atoms with Gasteiger partial charge in [0.25, 0.3) is 0 Å². The summed E-state index contributed by atoms with van der Waals surface area (Å²) in [6.07, 6.45) is 7.11. The molecule has 0 spiro atoms. The largest absolute Gasteiger partial charge is 0.497 e. The van der Waals surface area contributed by atoms with Crippen LogP contribution in [0.5, 0.6) is 5.75 Å². The van der Waals surface area contributed by atoms with Crippen LogP contribution < -0.4 is 10.1 Å². The first-order chi connectivity index (χ1) is 10.3. The molecule has 1 N–H and O–H groups in total. The number of methoxy groups -OCH3 is 1. The van der Waals surface area contributed by atoms with Crippen molar-refractivity contribution in [3.8, 4) is 5.75 Å². The van der Waals surface area contributed by atoms with Crippen molar-refractivity contribution in [3.63, 3.8) is 0 Å². The van der Waals surface area contributed by atoms with Crippen LogP contribution in [0.4, 0.5) is 0 Å². The Balaban J connectivity index is 1.57. The second kappa shape index (κ2) is 5.82. The van der Waals surface area contributed by atoms with E-state index < -0.39 is 0 Å². The molecule has 114 valence electrons. The van der Waals surface area contributed by atoms with Crippen molar-refractivity contribution in [2.75, 3.05) is 12.9 Å². The summed E-state index contributed by atoms with van der Waals surface area (Å²) < 4.78 is 11.4. The molecule has 4 unspecified atom stereocenters. The van der Waals surface area contributed by atoms with Gasteiger partial charge in [-0.05, 0) is 61.6 Å². The minimum Gasteiger partial charge on any atom is -0.497 e. The number of thioether (sulfide) groups is 1. The van der Waals surface area contributed by atoms with Crippen molar-refractivity contribution in [3.05, 3.63) is 23.8 Å². The van der Waals surface area contributed by atoms with Crippen molar-refractivity contribution >= 4 is 11.8 Å². The first kappa shape index (κ1) is 13.9. The van der Waals surface area contributed by atoms with Crippen LogP contribution in [0.15, 0.2) is 23.1 Å². The van der Waals surface area contributed by atoms with Gasteiger partial charge in [-0.2, -0.15) is 0 Å². The smallest absolute Gasteiger partial charge is 0.119 e. The Hall–Kier alpha value is -0.710. The molecule has 2 bridgehead atoms. The molecular weight excluding hydrogens is 282 g/mol. The van der Waals surface area contributed by atoms with Gasteiger partial charge in [0.05, 0.1) is 19.3 Å². The lowest BCUT2D eigenvalue weighted by Gasteiger charge is -2.27. The molecule has 3 aliphatic heterocycles. The van der Waals surface area contributed by atoms with E-state index in [0.29, 0.717) is 24.3 Å². The number of nitrogens with one attached hydrogen (secondary N) is 1. The Labute approximate surface area is 130 Å². The van der Waals surface area contributed by atoms with Gasteiger partial charge < -0.3 is 14.8 Å². The molecule has 4 rings (SSSR count). The highest BCUT2D eigenvalue weighted by atomic mass is 32.2. The molecule has 21 heavy (non-hydrogen) atoms. The lowest BCUT2D eigenvalue weighted by molar-refractivity contribution is 0.0957. The summed E-state index contributed by atoms with van der Waals surface area (Å²) in [6.45, 7) is 0. The van der Waals surface area contributed by atoms with E-state index in [9.17, 15) is 0 Å². The summed E-state index contributed by atoms with van der Waals surface area (Å²) in [6, 6.07) is 7.50. The van der Waals surface area contributed by atoms with Crippen molar-refractivity contribution < 1.29 is 9.47 Å². The van der Waals surface area contributed by atoms with Gasteiger partial charge in [-0.25, -0.2) is 0 Å². The van der Waals surface area contributed by atoms with E-state index >= 15 is 0 Å². The summed E-state index contributed by atoms with van der Waals surface area (Å²) in [5.74, 6) is 2.18. The standard InChI is InChI=1S/C17H23NO2S/c1-19-11-5-7-17-13(9-11)14(3-2-8-21-17)18-15-10-12-4-6-16(15)20-12/h5,7,9,12,14-16,18H,2-4,6,8,10H2,1H3. The lowest BCUT2D eigenvalue weighted by Crippen LogP contribution is -2.39. The fourth-order valence-corrected chi connectivity index (χ4v) is 4.99. The molecule has 2 fully saturated rings. The van der Waals surface area contributed by atoms with E-state index in [1.54, 1.807) is 7.11 Å². The lowest BCUT2D eigenvalue weighted by atomic mass is 9.93. The third kappa shape index (κ3) is 2.69. The molecule has 0 amide bonds. The molecule has 0 radical (unpaired) electrons. The molecule has 3 aliphatic rings. The Kier molecular flexibility index (Phi) is 3.86. The number of hydrogen-bond donors (Lipinski definition) is 1. The maximum atomic E-state index is 6.00. The molecule has 1 aromatic rings. The van der Waals surface area contributed by atoms with Gasteiger partial charge in [-0.15, -0.1) is 11.8 Å². The maximum absolute atomic E-state index is 6.00. The second-order valence-corrected chi connectivity index (χ2v) is 7.47. The van der Waals surface area contributed by atoms with E-state index in [2.05, 4.69) is 23.5 Å². The third-order valence-electron chi connectivity index (χ3n) is 5.01. The third-order valence-corrected chi connectivity index (χ3v) is 6.18. The van der Waals surface area contributed by atoms with E-state index in [4.69, 9.17) is 9.47 Å². The van der Waals surface area contributed by atoms with Crippen LogP contribution in [-0.4, -0.2) is 31.1 Å². The number of fused-ring (bicyclic) bond motifs is 3. The Morgan fingerprint density at radius 1 is 1.29 bits per heavy atom. The molecular formula is C17H23NO2S. The van der Waals surface area contributed by atoms with Crippen LogP contribution in [0, 0.1) is 0 Å². The summed E-state index contributed by atoms with van der Waals surface area (Å²) >= 11 is 1.98. The monoisotopic (exact) mass is 305 g/mol. The van der Waals surface area contributed by atoms with Gasteiger partial charge in [0.15, 0.2) is 0 Å². The normalized spacial score (nSPS) is 34.5. The highest BCUT2D eigenvalue weighted by Gasteiger charge is 2.41. The van der Waals surface area contributed by atoms with Crippen LogP contribution in [0.3, 0.4) is 0 Å². The zero-order chi connectivity index (χ0) is 14.2. The quantitative estimate of drug-likeness (QED) is 0.925. The topological polar surface area (TPSA) is 30.5 Å². The van der Waals surface area contributed by atoms with Gasteiger partial charge in [0, 0.05) is 17.0 Å². The van der Waals surface area contributed by atoms with Crippen LogP contribution in [0.1, 0.15) is 43.7 Å². The highest BCUT2D eigenvalue weighted by molar-refractivity contribution is 7.99. The first-order valence-electron chi connectivity index (χ1n) is 8.06. The van der Waals surface area contributed by atoms with Crippen molar-refractivity contribution in [1.82, 2.24) is 5.32 Å². The number of ether oxygens (including phenoxy) is 2. The number of hydrogen-bond acceptors (Lipinski definition) is 4. The Morgan fingerprint density at radius 3 is 3.00 bits per heavy atom. The van der Waals surface area contributed by atoms with Gasteiger partial charge in [-0.1, -0.05) is 0 Å². The first-order valence-corrected chi connectivity index (χ1v) is 9.04. The van der Waals surface area contributed by atoms with Crippen LogP contribution in [-0.2, 0) is 4.74 Å². The van der Waals surface area contributed by atoms with Crippen LogP contribution >= 0.6 is 11.8 Å². The fraction of sp³-hybridized carbons (Fsp3) is 0.647. The molecule has 0 aliphatic carbocycles. The molecule has 0 aromatic heterocycles. The molecule has 1 aromatic carbocycles. The summed E-state index contributed by atoms with van der Waals surface area (Å²) in [5.41, 5.74) is 1.42. The van der Waals surface area contributed by atoms with Gasteiger partial charge >= 0.3 is 0 Å². The predicted molar refractivity (Wildman–Crippen MR) is 85.1 cm³/mol. The minimum absolute atomic E-state index is 0.443. The van der Waals surface area contributed by atoms with Gasteiger partial charge in [0.1, 0.15) is 5.75 Å². The van der Waals surface area contributed by atoms with E-state index in [1.165, 1.54) is 48.3 Å². The van der Waals surface area contributed by atoms with Crippen LogP contribution in [0.2, 0.25) is 0 Å². The Bertz CT molecular complexity index is 522. The molecule has 0 saturated carbocycles. The molecule has 3 heterocycles. The zero-order valence-electron chi connectivity index (χ0n) is 12.5. The Morgan fingerprint density at radius 2 is 2.24 bits per heavy atom. The van der Waals surface area contributed by atoms with Gasteiger partial charge in [0.2, 0.25) is 0 Å². The molecule has 3 nitrogen and oxygen atoms in total. The minimum atomic E-state index is 0.443. The van der Waals surface area contributed by atoms with Crippen molar-refractivity contribution in [1.29, 1.82) is 0 Å². The van der Waals surface area contributed by atoms with Crippen molar-refractivity contribution in [2.45, 2.75) is 61.3 Å². The van der Waals surface area contributed by atoms with Gasteiger partial charge in [-0.3, -0.25) is 0 Å². The molecule has 4 atom stereocenters. The van der Waals surface area contributed by atoms with Crippen LogP contribution in [0.25, 0.3) is 0 Å². The summed E-state index contributed by atoms with van der Waals surface area (Å²) in [4.78, 5) is 1.41. The summed E-state index contributed by atoms with van der Waals surface area (Å²) in [7, 11) is 1.75. The predicted octanol–water partition coefficient (Wildman–Crippen LogP) is 3.53. The van der Waals surface area contributed by atoms with E-state index in [-0.39, 0.29) is 0 Å². The SMILES string of the molecule is COc1ccc2c(c1)C(NC1CC3CCC1O3)CCCS2. The maximum Gasteiger partial charge on any atom is 0.119 e. The highest BCUT2D eigenvalue weighted by Crippen LogP contribution is 2.40. The summed E-state index contributed by atoms with van der Waals surface area (Å²) in [5, 5.41) is 3.90. The molecule has 2 saturated heterocycles. The fourth-order valence-electron chi connectivity index (χ4n) is 3.93. The zero-order valence-corrected chi connectivity index (χ0v) is 13.3. The van der Waals surface area contributed by atoms with E-state index in [1.807, 2.05) is 11.8 Å². The second-order valence-electron chi connectivity index (χ2n) is 6.33. The van der Waals surface area contributed by atoms with E-state index in [0.717, 1.165) is 5.75 Å². The number of rotatable bonds is 3. The molecule has 4 heteroatoms.